The van der Waals surface area contributed by atoms with Crippen molar-refractivity contribution in [1.82, 2.24) is 9.55 Å². The number of rotatable bonds is 2. The summed E-state index contributed by atoms with van der Waals surface area (Å²) in [6.07, 6.45) is 0. The number of thiophene rings is 1. The lowest BCUT2D eigenvalue weighted by molar-refractivity contribution is 0.590. The van der Waals surface area contributed by atoms with Gasteiger partial charge in [-0.2, -0.15) is 0 Å². The molecule has 0 bridgehead atoms. The number of nitrogens with one attached hydrogen (secondary N) is 1. The summed E-state index contributed by atoms with van der Waals surface area (Å²) in [5.74, 6) is -0.461. The topological polar surface area (TPSA) is 54.9 Å². The van der Waals surface area contributed by atoms with Crippen LogP contribution in [0.15, 0.2) is 43.7 Å². The summed E-state index contributed by atoms with van der Waals surface area (Å²) < 4.78 is 15.9. The smallest absolute Gasteiger partial charge is 0.306 e. The fraction of sp³-hybridized carbons (Fsp3) is 0.0769. The molecule has 0 spiro atoms. The second-order valence-electron chi connectivity index (χ2n) is 4.22. The molecule has 0 aliphatic carbocycles. The molecule has 0 saturated carbocycles. The van der Waals surface area contributed by atoms with Crippen molar-refractivity contribution in [1.29, 1.82) is 0 Å². The van der Waals surface area contributed by atoms with Crippen LogP contribution >= 0.6 is 27.3 Å². The Kier molecular flexibility index (Phi) is 3.31. The van der Waals surface area contributed by atoms with E-state index in [9.17, 15) is 14.0 Å². The number of halogens is 2. The van der Waals surface area contributed by atoms with E-state index < -0.39 is 17.1 Å². The maximum atomic E-state index is 13.8. The monoisotopic (exact) mass is 354 g/mol. The number of fused-ring (bicyclic) bond motifs is 1. The highest BCUT2D eigenvalue weighted by Crippen LogP contribution is 2.16. The van der Waals surface area contributed by atoms with Gasteiger partial charge < -0.3 is 4.98 Å². The van der Waals surface area contributed by atoms with Crippen LogP contribution in [0, 0.1) is 5.82 Å². The summed E-state index contributed by atoms with van der Waals surface area (Å²) in [5, 5.41) is 1.73. The van der Waals surface area contributed by atoms with Crippen LogP contribution in [0.25, 0.3) is 10.2 Å². The Morgan fingerprint density at radius 2 is 2.10 bits per heavy atom. The zero-order valence-corrected chi connectivity index (χ0v) is 12.4. The van der Waals surface area contributed by atoms with Gasteiger partial charge in [0.25, 0.3) is 5.56 Å². The van der Waals surface area contributed by atoms with E-state index in [1.807, 2.05) is 0 Å². The van der Waals surface area contributed by atoms with Crippen LogP contribution in [0.4, 0.5) is 4.39 Å². The summed E-state index contributed by atoms with van der Waals surface area (Å²) in [7, 11) is 0. The van der Waals surface area contributed by atoms with E-state index in [1.165, 1.54) is 17.4 Å². The number of hydrogen-bond donors (Lipinski definition) is 1. The quantitative estimate of drug-likeness (QED) is 0.769. The molecule has 0 radical (unpaired) electrons. The zero-order valence-electron chi connectivity index (χ0n) is 10.0. The molecule has 0 fully saturated rings. The highest BCUT2D eigenvalue weighted by molar-refractivity contribution is 9.10. The highest BCUT2D eigenvalue weighted by Gasteiger charge is 2.11. The van der Waals surface area contributed by atoms with E-state index in [0.29, 0.717) is 14.7 Å². The SMILES string of the molecule is O=c1[nH]c2ccsc2c(=O)n1Cc1ccc(Br)cc1F. The molecule has 7 heteroatoms. The van der Waals surface area contributed by atoms with Crippen molar-refractivity contribution in [2.24, 2.45) is 0 Å². The van der Waals surface area contributed by atoms with Crippen molar-refractivity contribution in [2.45, 2.75) is 6.54 Å². The molecule has 1 aromatic carbocycles. The first-order valence-electron chi connectivity index (χ1n) is 5.70. The molecule has 20 heavy (non-hydrogen) atoms. The molecule has 0 amide bonds. The zero-order chi connectivity index (χ0) is 14.3. The van der Waals surface area contributed by atoms with E-state index in [4.69, 9.17) is 0 Å². The summed E-state index contributed by atoms with van der Waals surface area (Å²) in [6, 6.07) is 6.19. The highest BCUT2D eigenvalue weighted by atomic mass is 79.9. The maximum Gasteiger partial charge on any atom is 0.329 e. The summed E-state index contributed by atoms with van der Waals surface area (Å²) in [5.41, 5.74) is -0.140. The Labute approximate surface area is 124 Å². The molecule has 0 atom stereocenters. The standard InChI is InChI=1S/C13H8BrFN2O2S/c14-8-2-1-7(9(15)5-8)6-17-12(18)11-10(3-4-20-11)16-13(17)19/h1-5H,6H2,(H,16,19). The summed E-state index contributed by atoms with van der Waals surface area (Å²) in [4.78, 5) is 26.7. The van der Waals surface area contributed by atoms with Gasteiger partial charge in [0.15, 0.2) is 0 Å². The van der Waals surface area contributed by atoms with Gasteiger partial charge in [-0.05, 0) is 23.6 Å². The predicted molar refractivity (Wildman–Crippen MR) is 79.9 cm³/mol. The van der Waals surface area contributed by atoms with Crippen LogP contribution in [-0.4, -0.2) is 9.55 Å². The summed E-state index contributed by atoms with van der Waals surface area (Å²) >= 11 is 4.41. The number of benzene rings is 1. The maximum absolute atomic E-state index is 13.8. The largest absolute Gasteiger partial charge is 0.329 e. The van der Waals surface area contributed by atoms with E-state index in [1.54, 1.807) is 23.6 Å². The van der Waals surface area contributed by atoms with Gasteiger partial charge in [-0.1, -0.05) is 22.0 Å². The fourth-order valence-corrected chi connectivity index (χ4v) is 3.07. The minimum atomic E-state index is -0.539. The molecule has 0 aliphatic rings. The molecule has 0 aliphatic heterocycles. The molecule has 0 unspecified atom stereocenters. The van der Waals surface area contributed by atoms with E-state index >= 15 is 0 Å². The lowest BCUT2D eigenvalue weighted by atomic mass is 10.2. The number of aromatic amines is 1. The fourth-order valence-electron chi connectivity index (χ4n) is 1.93. The van der Waals surface area contributed by atoms with Gasteiger partial charge in [0.1, 0.15) is 10.5 Å². The minimum Gasteiger partial charge on any atom is -0.306 e. The number of aromatic nitrogens is 2. The van der Waals surface area contributed by atoms with Crippen molar-refractivity contribution in [3.63, 3.8) is 0 Å². The van der Waals surface area contributed by atoms with E-state index in [0.717, 1.165) is 4.57 Å². The van der Waals surface area contributed by atoms with Gasteiger partial charge in [0, 0.05) is 10.0 Å². The lowest BCUT2D eigenvalue weighted by Gasteiger charge is -2.06. The first-order chi connectivity index (χ1) is 9.56. The Morgan fingerprint density at radius 1 is 1.30 bits per heavy atom. The van der Waals surface area contributed by atoms with Crippen LogP contribution < -0.4 is 11.2 Å². The van der Waals surface area contributed by atoms with Gasteiger partial charge in [-0.15, -0.1) is 11.3 Å². The van der Waals surface area contributed by atoms with Crippen molar-refractivity contribution >= 4 is 37.5 Å². The van der Waals surface area contributed by atoms with E-state index in [2.05, 4.69) is 20.9 Å². The third-order valence-corrected chi connectivity index (χ3v) is 4.33. The number of nitrogens with zero attached hydrogens (tertiary/aromatic N) is 1. The molecule has 102 valence electrons. The second kappa shape index (κ2) is 4.99. The van der Waals surface area contributed by atoms with Gasteiger partial charge in [0.2, 0.25) is 0 Å². The Hall–Kier alpha value is -1.73. The summed E-state index contributed by atoms with van der Waals surface area (Å²) in [6.45, 7) is -0.0961. The normalized spacial score (nSPS) is 11.1. The molecular formula is C13H8BrFN2O2S. The molecule has 2 aromatic heterocycles. The predicted octanol–water partition coefficient (Wildman–Crippen LogP) is 2.70. The second-order valence-corrected chi connectivity index (χ2v) is 6.05. The first kappa shape index (κ1) is 13.3. The molecule has 4 nitrogen and oxygen atoms in total. The Morgan fingerprint density at radius 3 is 2.85 bits per heavy atom. The number of H-pyrrole nitrogens is 1. The lowest BCUT2D eigenvalue weighted by Crippen LogP contribution is -2.35. The van der Waals surface area contributed by atoms with Crippen molar-refractivity contribution in [3.8, 4) is 0 Å². The van der Waals surface area contributed by atoms with Crippen LogP contribution in [0.3, 0.4) is 0 Å². The van der Waals surface area contributed by atoms with Crippen molar-refractivity contribution < 1.29 is 4.39 Å². The average Bonchev–Trinajstić information content (AvgIpc) is 2.85. The van der Waals surface area contributed by atoms with Crippen LogP contribution in [0.5, 0.6) is 0 Å². The third kappa shape index (κ3) is 2.23. The Bertz CT molecular complexity index is 913. The van der Waals surface area contributed by atoms with Gasteiger partial charge in [-0.25, -0.2) is 9.18 Å². The van der Waals surface area contributed by atoms with E-state index in [-0.39, 0.29) is 12.1 Å². The van der Waals surface area contributed by atoms with Crippen LogP contribution in [0.2, 0.25) is 0 Å². The van der Waals surface area contributed by atoms with Gasteiger partial charge in [0.05, 0.1) is 12.1 Å². The minimum absolute atomic E-state index is 0.0961. The number of hydrogen-bond acceptors (Lipinski definition) is 3. The molecule has 2 heterocycles. The van der Waals surface area contributed by atoms with Crippen molar-refractivity contribution in [2.75, 3.05) is 0 Å². The molecular weight excluding hydrogens is 347 g/mol. The van der Waals surface area contributed by atoms with Crippen LogP contribution in [0.1, 0.15) is 5.56 Å². The Balaban J connectivity index is 2.15. The average molecular weight is 355 g/mol. The van der Waals surface area contributed by atoms with Crippen LogP contribution in [-0.2, 0) is 6.54 Å². The molecule has 3 rings (SSSR count). The van der Waals surface area contributed by atoms with Gasteiger partial charge in [-0.3, -0.25) is 9.36 Å². The first-order valence-corrected chi connectivity index (χ1v) is 7.38. The third-order valence-electron chi connectivity index (χ3n) is 2.93. The molecule has 1 N–H and O–H groups in total. The molecule has 0 saturated heterocycles. The van der Waals surface area contributed by atoms with Gasteiger partial charge >= 0.3 is 5.69 Å². The van der Waals surface area contributed by atoms with Crippen molar-refractivity contribution in [3.05, 3.63) is 66.3 Å². The molecule has 3 aromatic rings.